The highest BCUT2D eigenvalue weighted by atomic mass is 15.1. The van der Waals surface area contributed by atoms with E-state index in [-0.39, 0.29) is 0 Å². The Morgan fingerprint density at radius 2 is 2.00 bits per heavy atom. The zero-order valence-corrected chi connectivity index (χ0v) is 12.1. The quantitative estimate of drug-likeness (QED) is 0.862. The maximum Gasteiger partial charge on any atom is 0.0705 e. The van der Waals surface area contributed by atoms with Gasteiger partial charge in [-0.25, -0.2) is 0 Å². The summed E-state index contributed by atoms with van der Waals surface area (Å²) in [4.78, 5) is 6.62. The highest BCUT2D eigenvalue weighted by Crippen LogP contribution is 2.16. The molecule has 1 aromatic carbocycles. The summed E-state index contributed by atoms with van der Waals surface area (Å²) in [6.45, 7) is 4.26. The monoisotopic (exact) mass is 257 g/mol. The number of fused-ring (bicyclic) bond motifs is 1. The van der Waals surface area contributed by atoms with Crippen LogP contribution in [0, 0.1) is 0 Å². The normalized spacial score (nSPS) is 13.1. The van der Waals surface area contributed by atoms with Crippen molar-refractivity contribution in [3.05, 3.63) is 42.1 Å². The first-order valence-corrected chi connectivity index (χ1v) is 6.87. The molecule has 0 amide bonds. The molecule has 1 aromatic heterocycles. The summed E-state index contributed by atoms with van der Waals surface area (Å²) in [5.41, 5.74) is 2.39. The molecule has 0 bridgehead atoms. The first-order chi connectivity index (χ1) is 9.16. The Morgan fingerprint density at radius 1 is 1.21 bits per heavy atom. The van der Waals surface area contributed by atoms with Gasteiger partial charge >= 0.3 is 0 Å². The first kappa shape index (κ1) is 14.0. The first-order valence-electron chi connectivity index (χ1n) is 6.87. The molecule has 0 fully saturated rings. The molecule has 0 spiro atoms. The number of pyridine rings is 1. The molecule has 3 nitrogen and oxygen atoms in total. The fraction of sp³-hybridized carbons (Fsp3) is 0.438. The van der Waals surface area contributed by atoms with Crippen LogP contribution in [0.4, 0.5) is 0 Å². The van der Waals surface area contributed by atoms with E-state index in [4.69, 9.17) is 0 Å². The third-order valence-electron chi connectivity index (χ3n) is 3.39. The van der Waals surface area contributed by atoms with Crippen molar-refractivity contribution >= 4 is 10.9 Å². The molecule has 1 unspecified atom stereocenters. The standard InChI is InChI=1S/C16H23N3/c1-13(9-11-19(2)3)18-12-14-8-10-17-16-7-5-4-6-15(14)16/h4-8,10,13,18H,9,11-12H2,1-3H3. The largest absolute Gasteiger partial charge is 0.310 e. The van der Waals surface area contributed by atoms with E-state index in [9.17, 15) is 0 Å². The van der Waals surface area contributed by atoms with Crippen molar-refractivity contribution in [1.29, 1.82) is 0 Å². The zero-order valence-electron chi connectivity index (χ0n) is 12.1. The van der Waals surface area contributed by atoms with E-state index in [1.54, 1.807) is 0 Å². The van der Waals surface area contributed by atoms with Gasteiger partial charge in [0.2, 0.25) is 0 Å². The Morgan fingerprint density at radius 3 is 2.79 bits per heavy atom. The molecule has 1 atom stereocenters. The molecule has 3 heteroatoms. The highest BCUT2D eigenvalue weighted by Gasteiger charge is 2.05. The van der Waals surface area contributed by atoms with Gasteiger partial charge in [0.05, 0.1) is 5.52 Å². The van der Waals surface area contributed by atoms with E-state index in [0.29, 0.717) is 6.04 Å². The summed E-state index contributed by atoms with van der Waals surface area (Å²) in [5, 5.41) is 4.84. The van der Waals surface area contributed by atoms with Crippen molar-refractivity contribution in [2.75, 3.05) is 20.6 Å². The Bertz CT molecular complexity index is 517. The smallest absolute Gasteiger partial charge is 0.0705 e. The number of hydrogen-bond acceptors (Lipinski definition) is 3. The van der Waals surface area contributed by atoms with Gasteiger partial charge < -0.3 is 10.2 Å². The molecule has 0 saturated heterocycles. The lowest BCUT2D eigenvalue weighted by Gasteiger charge is -2.17. The Hall–Kier alpha value is -1.45. The minimum Gasteiger partial charge on any atom is -0.310 e. The lowest BCUT2D eigenvalue weighted by molar-refractivity contribution is 0.366. The molecule has 0 saturated carbocycles. The predicted octanol–water partition coefficient (Wildman–Crippen LogP) is 2.66. The summed E-state index contributed by atoms with van der Waals surface area (Å²) < 4.78 is 0. The second-order valence-corrected chi connectivity index (χ2v) is 5.36. The van der Waals surface area contributed by atoms with E-state index in [1.165, 1.54) is 10.9 Å². The van der Waals surface area contributed by atoms with E-state index in [0.717, 1.165) is 25.0 Å². The van der Waals surface area contributed by atoms with Crippen LogP contribution in [-0.4, -0.2) is 36.6 Å². The molecule has 2 rings (SSSR count). The average molecular weight is 257 g/mol. The van der Waals surface area contributed by atoms with Crippen molar-refractivity contribution < 1.29 is 0 Å². The van der Waals surface area contributed by atoms with Gasteiger partial charge in [-0.05, 0) is 51.7 Å². The topological polar surface area (TPSA) is 28.2 Å². The Labute approximate surface area is 115 Å². The van der Waals surface area contributed by atoms with Crippen LogP contribution in [0.2, 0.25) is 0 Å². The SMILES string of the molecule is CC(CCN(C)C)NCc1ccnc2ccccc12. The van der Waals surface area contributed by atoms with Crippen LogP contribution < -0.4 is 5.32 Å². The number of aromatic nitrogens is 1. The maximum atomic E-state index is 4.39. The van der Waals surface area contributed by atoms with Crippen molar-refractivity contribution in [3.63, 3.8) is 0 Å². The molecule has 1 heterocycles. The van der Waals surface area contributed by atoms with Crippen LogP contribution in [0.5, 0.6) is 0 Å². The summed E-state index contributed by atoms with van der Waals surface area (Å²) >= 11 is 0. The zero-order chi connectivity index (χ0) is 13.7. The summed E-state index contributed by atoms with van der Waals surface area (Å²) in [7, 11) is 4.23. The van der Waals surface area contributed by atoms with Gasteiger partial charge in [0, 0.05) is 24.2 Å². The van der Waals surface area contributed by atoms with Crippen LogP contribution in [0.25, 0.3) is 10.9 Å². The van der Waals surface area contributed by atoms with Gasteiger partial charge in [-0.3, -0.25) is 4.98 Å². The Balaban J connectivity index is 1.98. The second-order valence-electron chi connectivity index (χ2n) is 5.36. The number of benzene rings is 1. The number of para-hydroxylation sites is 1. The van der Waals surface area contributed by atoms with Gasteiger partial charge in [-0.15, -0.1) is 0 Å². The number of nitrogens with one attached hydrogen (secondary N) is 1. The van der Waals surface area contributed by atoms with Gasteiger partial charge in [0.25, 0.3) is 0 Å². The van der Waals surface area contributed by atoms with Crippen molar-refractivity contribution in [1.82, 2.24) is 15.2 Å². The highest BCUT2D eigenvalue weighted by molar-refractivity contribution is 5.81. The van der Waals surface area contributed by atoms with Gasteiger partial charge in [-0.1, -0.05) is 18.2 Å². The van der Waals surface area contributed by atoms with Crippen molar-refractivity contribution in [2.24, 2.45) is 0 Å². The molecule has 0 aliphatic heterocycles. The minimum atomic E-state index is 0.523. The molecule has 0 radical (unpaired) electrons. The molecule has 0 aliphatic rings. The number of hydrogen-bond donors (Lipinski definition) is 1. The molecule has 0 aliphatic carbocycles. The number of rotatable bonds is 6. The number of nitrogens with zero attached hydrogens (tertiary/aromatic N) is 2. The molecule has 1 N–H and O–H groups in total. The van der Waals surface area contributed by atoms with Crippen molar-refractivity contribution in [2.45, 2.75) is 25.9 Å². The molecule has 2 aromatic rings. The minimum absolute atomic E-state index is 0.523. The van der Waals surface area contributed by atoms with E-state index >= 15 is 0 Å². The third-order valence-corrected chi connectivity index (χ3v) is 3.39. The van der Waals surface area contributed by atoms with E-state index in [1.807, 2.05) is 12.3 Å². The molecule has 102 valence electrons. The average Bonchev–Trinajstić information content (AvgIpc) is 2.42. The summed E-state index contributed by atoms with van der Waals surface area (Å²) in [6, 6.07) is 10.9. The predicted molar refractivity (Wildman–Crippen MR) is 81.2 cm³/mol. The molecular weight excluding hydrogens is 234 g/mol. The van der Waals surface area contributed by atoms with Gasteiger partial charge in [0.15, 0.2) is 0 Å². The van der Waals surface area contributed by atoms with E-state index in [2.05, 4.69) is 60.5 Å². The van der Waals surface area contributed by atoms with Gasteiger partial charge in [-0.2, -0.15) is 0 Å². The van der Waals surface area contributed by atoms with Gasteiger partial charge in [0.1, 0.15) is 0 Å². The molecule has 19 heavy (non-hydrogen) atoms. The summed E-state index contributed by atoms with van der Waals surface area (Å²) in [5.74, 6) is 0. The summed E-state index contributed by atoms with van der Waals surface area (Å²) in [6.07, 6.45) is 3.06. The fourth-order valence-electron chi connectivity index (χ4n) is 2.15. The van der Waals surface area contributed by atoms with E-state index < -0.39 is 0 Å². The van der Waals surface area contributed by atoms with Crippen LogP contribution in [0.1, 0.15) is 18.9 Å². The van der Waals surface area contributed by atoms with Crippen molar-refractivity contribution in [3.8, 4) is 0 Å². The van der Waals surface area contributed by atoms with Crippen LogP contribution in [0.3, 0.4) is 0 Å². The second kappa shape index (κ2) is 6.64. The fourth-order valence-corrected chi connectivity index (χ4v) is 2.15. The maximum absolute atomic E-state index is 4.39. The van der Waals surface area contributed by atoms with Crippen LogP contribution in [-0.2, 0) is 6.54 Å². The third kappa shape index (κ3) is 4.01. The lowest BCUT2D eigenvalue weighted by atomic mass is 10.1. The molecular formula is C16H23N3. The Kier molecular flexibility index (Phi) is 4.88. The van der Waals surface area contributed by atoms with Crippen LogP contribution >= 0.6 is 0 Å². The lowest BCUT2D eigenvalue weighted by Crippen LogP contribution is -2.29. The van der Waals surface area contributed by atoms with Crippen LogP contribution in [0.15, 0.2) is 36.5 Å².